The summed E-state index contributed by atoms with van der Waals surface area (Å²) in [4.78, 5) is 14.7. The van der Waals surface area contributed by atoms with E-state index in [4.69, 9.17) is 38.7 Å². The van der Waals surface area contributed by atoms with Crippen molar-refractivity contribution in [1.29, 1.82) is 5.41 Å². The second kappa shape index (κ2) is 10.5. The maximum atomic E-state index is 8.70. The molecule has 0 fully saturated rings. The Balaban J connectivity index is 0.000000219. The van der Waals surface area contributed by atoms with Gasteiger partial charge in [0, 0.05) is 18.0 Å². The molecule has 168 valence electrons. The van der Waals surface area contributed by atoms with Gasteiger partial charge >= 0.3 is 0 Å². The summed E-state index contributed by atoms with van der Waals surface area (Å²) < 4.78 is 0. The molecule has 2 N–H and O–H groups in total. The van der Waals surface area contributed by atoms with Crippen molar-refractivity contribution in [3.8, 4) is 21.1 Å². The number of halogens is 2. The van der Waals surface area contributed by atoms with E-state index in [1.54, 1.807) is 35.7 Å². The second-order valence-corrected chi connectivity index (χ2v) is 9.37. The van der Waals surface area contributed by atoms with Crippen LogP contribution in [0.4, 0.5) is 0 Å². The summed E-state index contributed by atoms with van der Waals surface area (Å²) in [6.07, 6.45) is 6.50. The van der Waals surface area contributed by atoms with Gasteiger partial charge in [-0.3, -0.25) is 4.98 Å². The molecule has 33 heavy (non-hydrogen) atoms. The fourth-order valence-electron chi connectivity index (χ4n) is 3.57. The molecule has 0 radical (unpaired) electrons. The predicted octanol–water partition coefficient (Wildman–Crippen LogP) is 6.77. The van der Waals surface area contributed by atoms with Gasteiger partial charge in [0.1, 0.15) is 5.01 Å². The number of aliphatic hydroxyl groups excluding tert-OH is 1. The van der Waals surface area contributed by atoms with Gasteiger partial charge in [0.2, 0.25) is 0 Å². The van der Waals surface area contributed by atoms with E-state index < -0.39 is 0 Å². The van der Waals surface area contributed by atoms with E-state index in [2.05, 4.69) is 22.1 Å². The molecular weight excluding hydrogens is 475 g/mol. The molecule has 1 aliphatic rings. The van der Waals surface area contributed by atoms with Crippen LogP contribution in [0.1, 0.15) is 35.4 Å². The molecule has 5 rings (SSSR count). The van der Waals surface area contributed by atoms with Crippen molar-refractivity contribution in [2.75, 3.05) is 0 Å². The van der Waals surface area contributed by atoms with Crippen LogP contribution < -0.4 is 0 Å². The van der Waals surface area contributed by atoms with Crippen LogP contribution in [-0.2, 0) is 13.0 Å². The Hall–Kier alpha value is -2.64. The van der Waals surface area contributed by atoms with Gasteiger partial charge in [-0.1, -0.05) is 41.4 Å². The lowest BCUT2D eigenvalue weighted by Gasteiger charge is -2.16. The van der Waals surface area contributed by atoms with Crippen LogP contribution in [0.5, 0.6) is 0 Å². The van der Waals surface area contributed by atoms with Crippen molar-refractivity contribution >= 4 is 40.3 Å². The summed E-state index contributed by atoms with van der Waals surface area (Å²) in [6, 6.07) is 13.3. The first kappa shape index (κ1) is 23.5. The first-order chi connectivity index (χ1) is 16.0. The first-order valence-corrected chi connectivity index (χ1v) is 12.0. The highest BCUT2D eigenvalue weighted by Gasteiger charge is 2.19. The minimum atomic E-state index is -0.0700. The molecule has 0 amide bonds. The lowest BCUT2D eigenvalue weighted by atomic mass is 9.94. The van der Waals surface area contributed by atoms with E-state index in [1.165, 1.54) is 5.56 Å². The number of hydrogen-bond donors (Lipinski definition) is 2. The van der Waals surface area contributed by atoms with Gasteiger partial charge in [0.25, 0.3) is 0 Å². The Labute approximate surface area is 206 Å². The monoisotopic (exact) mass is 496 g/mol. The van der Waals surface area contributed by atoms with Crippen LogP contribution in [0, 0.1) is 12.3 Å². The van der Waals surface area contributed by atoms with E-state index in [0.717, 1.165) is 51.8 Å². The number of benzene rings is 1. The maximum Gasteiger partial charge on any atom is 0.125 e. The summed E-state index contributed by atoms with van der Waals surface area (Å²) in [6.45, 7) is 1.94. The van der Waals surface area contributed by atoms with Crippen LogP contribution in [0.3, 0.4) is 0 Å². The van der Waals surface area contributed by atoms with Crippen LogP contribution in [-0.4, -0.2) is 25.8 Å². The summed E-state index contributed by atoms with van der Waals surface area (Å²) in [5.41, 5.74) is 6.29. The first-order valence-electron chi connectivity index (χ1n) is 10.5. The lowest BCUT2D eigenvalue weighted by molar-refractivity contribution is 0.282. The minimum absolute atomic E-state index is 0.0700. The van der Waals surface area contributed by atoms with Crippen molar-refractivity contribution < 1.29 is 5.11 Å². The van der Waals surface area contributed by atoms with Crippen molar-refractivity contribution in [1.82, 2.24) is 15.0 Å². The standard InChI is InChI=1S/C18H16N4S.C7H6Cl2O/c1-11-17(23-18(21-11)13-5-3-9-20-10-13)15-8-7-12-4-2-6-14(19)16(12)22-15;8-6-3-1-2-5(4-10)7(6)9/h3,5,7-10,19H,2,4,6H2,1H3;1-3,10H,4H2. The number of thiazole rings is 1. The SMILES string of the molecule is Cc1nc(-c2cccnc2)sc1-c1ccc2c(n1)C(=N)CCC2.OCc1cccc(Cl)c1Cl. The minimum Gasteiger partial charge on any atom is -0.392 e. The number of aliphatic hydroxyl groups is 1. The van der Waals surface area contributed by atoms with Crippen LogP contribution in [0.2, 0.25) is 10.0 Å². The normalized spacial score (nSPS) is 12.7. The average molecular weight is 497 g/mol. The molecule has 5 nitrogen and oxygen atoms in total. The quantitative estimate of drug-likeness (QED) is 0.327. The lowest BCUT2D eigenvalue weighted by Crippen LogP contribution is -2.13. The van der Waals surface area contributed by atoms with Crippen molar-refractivity contribution in [2.45, 2.75) is 32.8 Å². The number of nitrogens with one attached hydrogen (secondary N) is 1. The van der Waals surface area contributed by atoms with Gasteiger partial charge in [-0.05, 0) is 61.6 Å². The smallest absolute Gasteiger partial charge is 0.125 e. The van der Waals surface area contributed by atoms with Gasteiger partial charge in [0.05, 0.1) is 44.3 Å². The number of hydrogen-bond acceptors (Lipinski definition) is 6. The van der Waals surface area contributed by atoms with Crippen LogP contribution in [0.15, 0.2) is 54.9 Å². The van der Waals surface area contributed by atoms with E-state index >= 15 is 0 Å². The van der Waals surface area contributed by atoms with Gasteiger partial charge in [-0.15, -0.1) is 11.3 Å². The topological polar surface area (TPSA) is 82.8 Å². The number of rotatable bonds is 3. The Morgan fingerprint density at radius 2 is 1.91 bits per heavy atom. The Morgan fingerprint density at radius 1 is 1.06 bits per heavy atom. The highest BCUT2D eigenvalue weighted by atomic mass is 35.5. The summed E-state index contributed by atoms with van der Waals surface area (Å²) in [5, 5.41) is 18.7. The molecule has 3 heterocycles. The highest BCUT2D eigenvalue weighted by molar-refractivity contribution is 7.18. The third kappa shape index (κ3) is 5.31. The van der Waals surface area contributed by atoms with E-state index in [0.29, 0.717) is 21.3 Å². The molecule has 3 aromatic heterocycles. The van der Waals surface area contributed by atoms with Gasteiger partial charge in [-0.2, -0.15) is 0 Å². The summed E-state index contributed by atoms with van der Waals surface area (Å²) in [5.74, 6) is 0. The fraction of sp³-hybridized carbons (Fsp3) is 0.200. The third-order valence-electron chi connectivity index (χ3n) is 5.28. The van der Waals surface area contributed by atoms with Gasteiger partial charge in [0.15, 0.2) is 0 Å². The number of aromatic nitrogens is 3. The molecular formula is C25H22Cl2N4OS. The Morgan fingerprint density at radius 3 is 2.64 bits per heavy atom. The molecule has 0 unspecified atom stereocenters. The van der Waals surface area contributed by atoms with Gasteiger partial charge < -0.3 is 10.5 Å². The zero-order chi connectivity index (χ0) is 23.4. The number of fused-ring (bicyclic) bond motifs is 1. The summed E-state index contributed by atoms with van der Waals surface area (Å²) >= 11 is 13.0. The van der Waals surface area contributed by atoms with Crippen molar-refractivity contribution in [2.24, 2.45) is 0 Å². The zero-order valence-corrected chi connectivity index (χ0v) is 20.3. The Bertz CT molecular complexity index is 1290. The highest BCUT2D eigenvalue weighted by Crippen LogP contribution is 2.35. The number of pyridine rings is 2. The predicted molar refractivity (Wildman–Crippen MR) is 135 cm³/mol. The number of nitrogens with zero attached hydrogens (tertiary/aromatic N) is 3. The molecule has 0 spiro atoms. The zero-order valence-electron chi connectivity index (χ0n) is 18.0. The Kier molecular flexibility index (Phi) is 7.50. The maximum absolute atomic E-state index is 8.70. The van der Waals surface area contributed by atoms with Crippen LogP contribution in [0.25, 0.3) is 21.1 Å². The van der Waals surface area contributed by atoms with Crippen LogP contribution >= 0.6 is 34.5 Å². The molecule has 4 aromatic rings. The van der Waals surface area contributed by atoms with Crippen molar-refractivity contribution in [3.05, 3.63) is 87.4 Å². The molecule has 8 heteroatoms. The second-order valence-electron chi connectivity index (χ2n) is 7.58. The van der Waals surface area contributed by atoms with E-state index in [1.807, 2.05) is 25.3 Å². The summed E-state index contributed by atoms with van der Waals surface area (Å²) in [7, 11) is 0. The largest absolute Gasteiger partial charge is 0.392 e. The molecule has 0 aliphatic heterocycles. The molecule has 0 atom stereocenters. The van der Waals surface area contributed by atoms with Gasteiger partial charge in [-0.25, -0.2) is 9.97 Å². The molecule has 0 bridgehead atoms. The average Bonchev–Trinajstić information content (AvgIpc) is 3.23. The third-order valence-corrected chi connectivity index (χ3v) is 7.36. The number of aryl methyl sites for hydroxylation is 2. The molecule has 1 aromatic carbocycles. The molecule has 0 saturated heterocycles. The van der Waals surface area contributed by atoms with Crippen molar-refractivity contribution in [3.63, 3.8) is 0 Å². The fourth-order valence-corrected chi connectivity index (χ4v) is 4.97. The van der Waals surface area contributed by atoms with E-state index in [-0.39, 0.29) is 6.61 Å². The van der Waals surface area contributed by atoms with E-state index in [9.17, 15) is 0 Å². The molecule has 0 saturated carbocycles. The molecule has 1 aliphatic carbocycles.